The van der Waals surface area contributed by atoms with Crippen molar-refractivity contribution in [2.75, 3.05) is 6.61 Å². The fourth-order valence-corrected chi connectivity index (χ4v) is 0.767. The minimum absolute atomic E-state index is 0.363. The Hall–Kier alpha value is -1.10. The predicted octanol–water partition coefficient (Wildman–Crippen LogP) is 0.919. The van der Waals surface area contributed by atoms with Crippen molar-refractivity contribution in [3.8, 4) is 0 Å². The number of nitro groups is 1. The van der Waals surface area contributed by atoms with E-state index < -0.39 is 11.6 Å². The third-order valence-electron chi connectivity index (χ3n) is 2.04. The molecule has 0 rings (SSSR count). The van der Waals surface area contributed by atoms with Gasteiger partial charge in [0.2, 0.25) is 5.54 Å². The molecule has 0 aliphatic rings. The van der Waals surface area contributed by atoms with Crippen molar-refractivity contribution in [1.82, 2.24) is 0 Å². The van der Waals surface area contributed by atoms with Gasteiger partial charge in [-0.1, -0.05) is 6.58 Å². The van der Waals surface area contributed by atoms with E-state index in [2.05, 4.69) is 6.58 Å². The average Bonchev–Trinajstić information content (AvgIpc) is 2.04. The zero-order valence-electron chi connectivity index (χ0n) is 8.03. The van der Waals surface area contributed by atoms with Gasteiger partial charge in [-0.25, -0.2) is 0 Å². The second-order valence-corrected chi connectivity index (χ2v) is 3.34. The van der Waals surface area contributed by atoms with Crippen LogP contribution in [0.4, 0.5) is 0 Å². The maximum Gasteiger partial charge on any atom is 0.231 e. The maximum atomic E-state index is 10.6. The number of hydrogen-bond donors (Lipinski definition) is 1. The topological polar surface area (TPSA) is 78.4 Å². The Kier molecular flexibility index (Phi) is 4.40. The Labute approximate surface area is 77.7 Å². The maximum absolute atomic E-state index is 10.6. The van der Waals surface area contributed by atoms with Crippen molar-refractivity contribution >= 4 is 0 Å². The lowest BCUT2D eigenvalue weighted by Gasteiger charge is -2.22. The average molecular weight is 188 g/mol. The van der Waals surface area contributed by atoms with Crippen molar-refractivity contribution in [2.24, 2.45) is 5.73 Å². The first-order valence-electron chi connectivity index (χ1n) is 4.05. The van der Waals surface area contributed by atoms with Gasteiger partial charge in [-0.2, -0.15) is 0 Å². The minimum atomic E-state index is -1.11. The standard InChI is InChI=1S/C8H16N2O3/c1-4-13-6-5-7(9)8(2,3)10(11)12/h4,7H,1,5-6,9H2,2-3H3. The molecule has 0 amide bonds. The van der Waals surface area contributed by atoms with Gasteiger partial charge in [-0.05, 0) is 0 Å². The van der Waals surface area contributed by atoms with E-state index in [0.29, 0.717) is 13.0 Å². The zero-order valence-corrected chi connectivity index (χ0v) is 8.03. The number of hydrogen-bond acceptors (Lipinski definition) is 4. The summed E-state index contributed by atoms with van der Waals surface area (Å²) < 4.78 is 4.84. The summed E-state index contributed by atoms with van der Waals surface area (Å²) in [5.74, 6) is 0. The number of nitrogens with two attached hydrogens (primary N) is 1. The Morgan fingerprint density at radius 2 is 2.31 bits per heavy atom. The van der Waals surface area contributed by atoms with Gasteiger partial charge in [0, 0.05) is 25.2 Å². The molecule has 5 nitrogen and oxygen atoms in total. The van der Waals surface area contributed by atoms with E-state index in [9.17, 15) is 10.1 Å². The summed E-state index contributed by atoms with van der Waals surface area (Å²) in [4.78, 5) is 10.2. The Morgan fingerprint density at radius 1 is 1.77 bits per heavy atom. The smallest absolute Gasteiger partial charge is 0.231 e. The molecule has 0 heterocycles. The van der Waals surface area contributed by atoms with Crippen LogP contribution in [0.1, 0.15) is 20.3 Å². The first-order chi connectivity index (χ1) is 5.92. The summed E-state index contributed by atoms with van der Waals surface area (Å²) in [5, 5.41) is 10.6. The molecule has 0 radical (unpaired) electrons. The molecule has 0 aromatic heterocycles. The van der Waals surface area contributed by atoms with E-state index in [4.69, 9.17) is 10.5 Å². The summed E-state index contributed by atoms with van der Waals surface area (Å²) in [6.45, 7) is 6.73. The Morgan fingerprint density at radius 3 is 2.69 bits per heavy atom. The normalized spacial score (nSPS) is 13.5. The molecule has 1 unspecified atom stereocenters. The summed E-state index contributed by atoms with van der Waals surface area (Å²) in [6, 6.07) is -0.512. The molecule has 13 heavy (non-hydrogen) atoms. The molecule has 0 fully saturated rings. The molecule has 0 spiro atoms. The summed E-state index contributed by atoms with van der Waals surface area (Å²) in [5.41, 5.74) is 4.53. The first kappa shape index (κ1) is 11.9. The van der Waals surface area contributed by atoms with Gasteiger partial charge < -0.3 is 10.5 Å². The molecule has 0 saturated heterocycles. The molecule has 0 aliphatic heterocycles. The van der Waals surface area contributed by atoms with Crippen LogP contribution >= 0.6 is 0 Å². The van der Waals surface area contributed by atoms with Gasteiger partial charge in [0.05, 0.1) is 18.9 Å². The summed E-state index contributed by atoms with van der Waals surface area (Å²) in [7, 11) is 0. The second-order valence-electron chi connectivity index (χ2n) is 3.34. The van der Waals surface area contributed by atoms with Crippen LogP contribution in [-0.4, -0.2) is 23.1 Å². The van der Waals surface area contributed by atoms with Crippen molar-refractivity contribution in [3.05, 3.63) is 23.0 Å². The SMILES string of the molecule is C=COCCC(N)C(C)(C)[N+](=O)[O-]. The summed E-state index contributed by atoms with van der Waals surface area (Å²) in [6.07, 6.45) is 1.74. The lowest BCUT2D eigenvalue weighted by Crippen LogP contribution is -2.49. The molecule has 5 heteroatoms. The fraction of sp³-hybridized carbons (Fsp3) is 0.750. The highest BCUT2D eigenvalue weighted by Gasteiger charge is 2.37. The molecule has 0 aromatic carbocycles. The number of rotatable bonds is 6. The van der Waals surface area contributed by atoms with Gasteiger partial charge in [0.25, 0.3) is 0 Å². The minimum Gasteiger partial charge on any atom is -0.502 e. The molecule has 0 saturated carbocycles. The van der Waals surface area contributed by atoms with Gasteiger partial charge in [0.1, 0.15) is 0 Å². The van der Waals surface area contributed by atoms with Crippen molar-refractivity contribution < 1.29 is 9.66 Å². The Balaban J connectivity index is 4.01. The fourth-order valence-electron chi connectivity index (χ4n) is 0.767. The monoisotopic (exact) mass is 188 g/mol. The summed E-state index contributed by atoms with van der Waals surface area (Å²) >= 11 is 0. The lowest BCUT2D eigenvalue weighted by molar-refractivity contribution is -0.564. The lowest BCUT2D eigenvalue weighted by atomic mass is 9.94. The van der Waals surface area contributed by atoms with Crippen LogP contribution in [-0.2, 0) is 4.74 Å². The van der Waals surface area contributed by atoms with E-state index in [0.717, 1.165) is 0 Å². The molecular weight excluding hydrogens is 172 g/mol. The molecular formula is C8H16N2O3. The number of ether oxygens (including phenoxy) is 1. The largest absolute Gasteiger partial charge is 0.502 e. The van der Waals surface area contributed by atoms with Crippen LogP contribution in [0.3, 0.4) is 0 Å². The van der Waals surface area contributed by atoms with Crippen LogP contribution in [0.15, 0.2) is 12.8 Å². The second kappa shape index (κ2) is 4.81. The van der Waals surface area contributed by atoms with Crippen LogP contribution in [0.2, 0.25) is 0 Å². The highest BCUT2D eigenvalue weighted by atomic mass is 16.6. The molecule has 0 aliphatic carbocycles. The predicted molar refractivity (Wildman–Crippen MR) is 49.8 cm³/mol. The van der Waals surface area contributed by atoms with Gasteiger partial charge in [0.15, 0.2) is 0 Å². The van der Waals surface area contributed by atoms with Crippen LogP contribution in [0.5, 0.6) is 0 Å². The van der Waals surface area contributed by atoms with E-state index in [-0.39, 0.29) is 4.92 Å². The van der Waals surface area contributed by atoms with Gasteiger partial charge in [-0.15, -0.1) is 0 Å². The van der Waals surface area contributed by atoms with Crippen molar-refractivity contribution in [2.45, 2.75) is 31.8 Å². The van der Waals surface area contributed by atoms with E-state index >= 15 is 0 Å². The van der Waals surface area contributed by atoms with E-state index in [1.54, 1.807) is 0 Å². The third kappa shape index (κ3) is 3.42. The molecule has 2 N–H and O–H groups in total. The third-order valence-corrected chi connectivity index (χ3v) is 2.04. The van der Waals surface area contributed by atoms with Crippen molar-refractivity contribution in [1.29, 1.82) is 0 Å². The van der Waals surface area contributed by atoms with Crippen LogP contribution in [0.25, 0.3) is 0 Å². The molecule has 76 valence electrons. The van der Waals surface area contributed by atoms with E-state index in [1.165, 1.54) is 20.1 Å². The molecule has 0 aromatic rings. The Bertz CT molecular complexity index is 192. The molecule has 0 bridgehead atoms. The van der Waals surface area contributed by atoms with Crippen molar-refractivity contribution in [3.63, 3.8) is 0 Å². The van der Waals surface area contributed by atoms with Crippen LogP contribution < -0.4 is 5.73 Å². The highest BCUT2D eigenvalue weighted by Crippen LogP contribution is 2.14. The van der Waals surface area contributed by atoms with Crippen LogP contribution in [0, 0.1) is 10.1 Å². The number of nitrogens with zero attached hydrogens (tertiary/aromatic N) is 1. The highest BCUT2D eigenvalue weighted by molar-refractivity contribution is 4.81. The zero-order chi connectivity index (χ0) is 10.5. The van der Waals surface area contributed by atoms with Gasteiger partial charge >= 0.3 is 0 Å². The molecule has 1 atom stereocenters. The van der Waals surface area contributed by atoms with E-state index in [1.807, 2.05) is 0 Å². The first-order valence-corrected chi connectivity index (χ1v) is 4.05. The quantitative estimate of drug-likeness (QED) is 0.291. The van der Waals surface area contributed by atoms with Gasteiger partial charge in [-0.3, -0.25) is 10.1 Å².